The number of rotatable bonds is 7. The number of carbonyl (C=O) groups excluding carboxylic acids is 2. The number of nitrogens with zero attached hydrogens (tertiary/aromatic N) is 4. The van der Waals surface area contributed by atoms with Crippen LogP contribution in [0.2, 0.25) is 0 Å². The van der Waals surface area contributed by atoms with Crippen molar-refractivity contribution in [3.05, 3.63) is 49.1 Å². The maximum Gasteiger partial charge on any atom is 0.316 e. The summed E-state index contributed by atoms with van der Waals surface area (Å²) in [4.78, 5) is 28.6. The number of aryl methyl sites for hydroxylation is 1. The van der Waals surface area contributed by atoms with Gasteiger partial charge in [0.25, 0.3) is 5.91 Å². The zero-order valence-electron chi connectivity index (χ0n) is 14.7. The van der Waals surface area contributed by atoms with Crippen molar-refractivity contribution in [1.29, 1.82) is 0 Å². The fraction of sp³-hybridized carbons (Fsp3) is 0.312. The molecule has 142 valence electrons. The minimum absolute atomic E-state index is 0.120. The molecular formula is C16H17IN6O3S. The monoisotopic (exact) mass is 500 g/mol. The van der Waals surface area contributed by atoms with Crippen LogP contribution in [-0.2, 0) is 6.54 Å². The third-order valence-corrected chi connectivity index (χ3v) is 6.12. The summed E-state index contributed by atoms with van der Waals surface area (Å²) in [7, 11) is 0. The van der Waals surface area contributed by atoms with Gasteiger partial charge in [-0.3, -0.25) is 14.3 Å². The molecule has 0 aromatic carbocycles. The predicted molar refractivity (Wildman–Crippen MR) is 107 cm³/mol. The van der Waals surface area contributed by atoms with Crippen LogP contribution in [0.1, 0.15) is 37.6 Å². The Morgan fingerprint density at radius 1 is 1.26 bits per heavy atom. The molecule has 3 aromatic rings. The number of amides is 2. The van der Waals surface area contributed by atoms with Crippen molar-refractivity contribution in [2.75, 3.05) is 13.1 Å². The van der Waals surface area contributed by atoms with Gasteiger partial charge in [0.1, 0.15) is 6.54 Å². The molecule has 0 radical (unpaired) electrons. The number of carbonyl (C=O) groups is 2. The fourth-order valence-electron chi connectivity index (χ4n) is 2.30. The molecule has 11 heteroatoms. The third kappa shape index (κ3) is 4.71. The van der Waals surface area contributed by atoms with Crippen LogP contribution >= 0.6 is 33.9 Å². The maximum atomic E-state index is 12.1. The van der Waals surface area contributed by atoms with Crippen molar-refractivity contribution in [2.45, 2.75) is 20.4 Å². The Balaban J connectivity index is 1.48. The van der Waals surface area contributed by atoms with Crippen molar-refractivity contribution in [3.8, 4) is 0 Å². The largest absolute Gasteiger partial charge is 0.350 e. The SMILES string of the molecule is Cc1nn(Cc2noc(C(=O)NCCNC(=O)c3cccs3)n2)c(C)c1I. The summed E-state index contributed by atoms with van der Waals surface area (Å²) in [5.74, 6) is -0.403. The first kappa shape index (κ1) is 19.5. The number of thiophene rings is 1. The van der Waals surface area contributed by atoms with Crippen LogP contribution in [0.15, 0.2) is 22.0 Å². The Kier molecular flexibility index (Phi) is 6.21. The second kappa shape index (κ2) is 8.61. The quantitative estimate of drug-likeness (QED) is 0.378. The topological polar surface area (TPSA) is 115 Å². The zero-order valence-corrected chi connectivity index (χ0v) is 17.6. The highest BCUT2D eigenvalue weighted by molar-refractivity contribution is 14.1. The van der Waals surface area contributed by atoms with Gasteiger partial charge in [-0.05, 0) is 47.9 Å². The molecule has 0 saturated heterocycles. The lowest BCUT2D eigenvalue weighted by Gasteiger charge is -2.04. The first-order valence-electron chi connectivity index (χ1n) is 8.07. The molecule has 0 aliphatic heterocycles. The molecule has 0 atom stereocenters. The molecule has 0 spiro atoms. The van der Waals surface area contributed by atoms with E-state index in [1.807, 2.05) is 25.3 Å². The van der Waals surface area contributed by atoms with Crippen LogP contribution < -0.4 is 10.6 Å². The highest BCUT2D eigenvalue weighted by atomic mass is 127. The lowest BCUT2D eigenvalue weighted by molar-refractivity contribution is 0.0899. The molecule has 2 N–H and O–H groups in total. The first-order valence-corrected chi connectivity index (χ1v) is 10.0. The number of hydrogen-bond donors (Lipinski definition) is 2. The predicted octanol–water partition coefficient (Wildman–Crippen LogP) is 1.76. The van der Waals surface area contributed by atoms with E-state index in [4.69, 9.17) is 4.52 Å². The standard InChI is InChI=1S/C16H17IN6O3S/c1-9-13(17)10(2)23(21-9)8-12-20-16(26-22-12)15(25)19-6-5-18-14(24)11-4-3-7-27-11/h3-4,7H,5-6,8H2,1-2H3,(H,18,24)(H,19,25). The van der Waals surface area contributed by atoms with Crippen LogP contribution in [0.4, 0.5) is 0 Å². The van der Waals surface area contributed by atoms with Crippen LogP contribution in [0.5, 0.6) is 0 Å². The zero-order chi connectivity index (χ0) is 19.4. The summed E-state index contributed by atoms with van der Waals surface area (Å²) in [6.07, 6.45) is 0. The van der Waals surface area contributed by atoms with Gasteiger partial charge >= 0.3 is 11.8 Å². The molecule has 0 fully saturated rings. The van der Waals surface area contributed by atoms with Crippen molar-refractivity contribution in [3.63, 3.8) is 0 Å². The average molecular weight is 500 g/mol. The van der Waals surface area contributed by atoms with Gasteiger partial charge in [-0.1, -0.05) is 11.2 Å². The Labute approximate surface area is 172 Å². The van der Waals surface area contributed by atoms with Crippen molar-refractivity contribution >= 4 is 45.7 Å². The van der Waals surface area contributed by atoms with Crippen molar-refractivity contribution < 1.29 is 14.1 Å². The smallest absolute Gasteiger partial charge is 0.316 e. The molecule has 0 aliphatic carbocycles. The Morgan fingerprint density at radius 3 is 2.63 bits per heavy atom. The normalized spacial score (nSPS) is 10.8. The summed E-state index contributed by atoms with van der Waals surface area (Å²) in [6, 6.07) is 3.55. The van der Waals surface area contributed by atoms with E-state index < -0.39 is 5.91 Å². The third-order valence-electron chi connectivity index (χ3n) is 3.69. The van der Waals surface area contributed by atoms with E-state index in [1.165, 1.54) is 11.3 Å². The van der Waals surface area contributed by atoms with Gasteiger partial charge in [0, 0.05) is 18.8 Å². The second-order valence-electron chi connectivity index (χ2n) is 5.65. The van der Waals surface area contributed by atoms with E-state index in [9.17, 15) is 9.59 Å². The van der Waals surface area contributed by atoms with Crippen LogP contribution in [0.3, 0.4) is 0 Å². The number of aromatic nitrogens is 4. The number of nitrogens with one attached hydrogen (secondary N) is 2. The Bertz CT molecular complexity index is 950. The van der Waals surface area contributed by atoms with Crippen LogP contribution in [0, 0.1) is 17.4 Å². The molecule has 3 aromatic heterocycles. The van der Waals surface area contributed by atoms with E-state index in [0.717, 1.165) is 15.0 Å². The lowest BCUT2D eigenvalue weighted by atomic mass is 10.4. The highest BCUT2D eigenvalue weighted by Gasteiger charge is 2.17. The van der Waals surface area contributed by atoms with Gasteiger partial charge in [0.2, 0.25) is 0 Å². The minimum Gasteiger partial charge on any atom is -0.350 e. The molecule has 0 unspecified atom stereocenters. The summed E-state index contributed by atoms with van der Waals surface area (Å²) in [5, 5.41) is 15.4. The summed E-state index contributed by atoms with van der Waals surface area (Å²) < 4.78 is 7.86. The van der Waals surface area contributed by atoms with Gasteiger partial charge < -0.3 is 15.2 Å². The molecule has 9 nitrogen and oxygen atoms in total. The molecule has 0 aliphatic rings. The van der Waals surface area contributed by atoms with Crippen molar-refractivity contribution in [1.82, 2.24) is 30.6 Å². The van der Waals surface area contributed by atoms with Crippen LogP contribution in [0.25, 0.3) is 0 Å². The Hall–Kier alpha value is -2.28. The lowest BCUT2D eigenvalue weighted by Crippen LogP contribution is -2.34. The average Bonchev–Trinajstić information content (AvgIpc) is 3.38. The van der Waals surface area contributed by atoms with E-state index in [0.29, 0.717) is 23.8 Å². The summed E-state index contributed by atoms with van der Waals surface area (Å²) in [6.45, 7) is 4.76. The van der Waals surface area contributed by atoms with Gasteiger partial charge in [-0.25, -0.2) is 0 Å². The highest BCUT2D eigenvalue weighted by Crippen LogP contribution is 2.16. The Morgan fingerprint density at radius 2 is 2.00 bits per heavy atom. The fourth-order valence-corrected chi connectivity index (χ4v) is 3.32. The molecule has 0 saturated carbocycles. The molecule has 3 rings (SSSR count). The minimum atomic E-state index is -0.484. The molecule has 3 heterocycles. The van der Waals surface area contributed by atoms with Gasteiger partial charge in [-0.2, -0.15) is 10.1 Å². The molecule has 0 bridgehead atoms. The van der Waals surface area contributed by atoms with Gasteiger partial charge in [0.15, 0.2) is 5.82 Å². The molecule has 27 heavy (non-hydrogen) atoms. The summed E-state index contributed by atoms with van der Waals surface area (Å²) >= 11 is 3.59. The van der Waals surface area contributed by atoms with E-state index >= 15 is 0 Å². The van der Waals surface area contributed by atoms with E-state index in [2.05, 4.69) is 48.5 Å². The van der Waals surface area contributed by atoms with E-state index in [-0.39, 0.29) is 18.3 Å². The summed E-state index contributed by atoms with van der Waals surface area (Å²) in [5.41, 5.74) is 1.93. The second-order valence-corrected chi connectivity index (χ2v) is 7.67. The van der Waals surface area contributed by atoms with Gasteiger partial charge in [0.05, 0.1) is 14.1 Å². The number of hydrogen-bond acceptors (Lipinski definition) is 7. The maximum absolute atomic E-state index is 12.1. The van der Waals surface area contributed by atoms with Crippen LogP contribution in [-0.4, -0.2) is 44.8 Å². The van der Waals surface area contributed by atoms with E-state index in [1.54, 1.807) is 10.7 Å². The van der Waals surface area contributed by atoms with Crippen molar-refractivity contribution in [2.24, 2.45) is 0 Å². The van der Waals surface area contributed by atoms with Gasteiger partial charge in [-0.15, -0.1) is 11.3 Å². The number of halogens is 1. The molecular weight excluding hydrogens is 483 g/mol. The first-order chi connectivity index (χ1) is 13.0. The molecule has 2 amide bonds.